The molecule has 0 spiro atoms. The zero-order chi connectivity index (χ0) is 16.5. The minimum atomic E-state index is -0.190. The number of rotatable bonds is 3. The molecule has 1 N–H and O–H groups in total. The van der Waals surface area contributed by atoms with E-state index >= 15 is 0 Å². The largest absolute Gasteiger partial charge is 0.337 e. The zero-order valence-corrected chi connectivity index (χ0v) is 13.3. The minimum Gasteiger partial charge on any atom is -0.337 e. The first kappa shape index (κ1) is 15.0. The fourth-order valence-electron chi connectivity index (χ4n) is 2.97. The summed E-state index contributed by atoms with van der Waals surface area (Å²) in [6, 6.07) is 7.58. The highest BCUT2D eigenvalue weighted by atomic mass is 16.5. The normalized spacial score (nSPS) is 19.0. The molecule has 8 heteroatoms. The predicted molar refractivity (Wildman–Crippen MR) is 87.6 cm³/mol. The van der Waals surface area contributed by atoms with Crippen molar-refractivity contribution in [1.29, 1.82) is 0 Å². The van der Waals surface area contributed by atoms with E-state index in [1.165, 1.54) is 6.20 Å². The molecule has 0 saturated carbocycles. The third-order valence-corrected chi connectivity index (χ3v) is 4.34. The molecule has 1 fully saturated rings. The number of aromatic nitrogens is 4. The van der Waals surface area contributed by atoms with Gasteiger partial charge in [-0.3, -0.25) is 14.3 Å². The maximum absolute atomic E-state index is 12.2. The third kappa shape index (κ3) is 2.70. The van der Waals surface area contributed by atoms with Crippen LogP contribution in [-0.4, -0.2) is 51.3 Å². The van der Waals surface area contributed by atoms with E-state index in [2.05, 4.69) is 25.3 Å². The monoisotopic (exact) mass is 326 g/mol. The van der Waals surface area contributed by atoms with Crippen LogP contribution in [0.2, 0.25) is 0 Å². The van der Waals surface area contributed by atoms with Crippen molar-refractivity contribution in [3.63, 3.8) is 0 Å². The predicted octanol–water partition coefficient (Wildman–Crippen LogP) is 0.404. The summed E-state index contributed by atoms with van der Waals surface area (Å²) in [6.45, 7) is 2.91. The number of hydrogen-bond donors (Lipinski definition) is 1. The van der Waals surface area contributed by atoms with Gasteiger partial charge in [0.25, 0.3) is 5.56 Å². The van der Waals surface area contributed by atoms with E-state index in [1.54, 1.807) is 4.57 Å². The standard InChI is InChI=1S/C16H18N6O2/c1-21-7-6-17-8-13(21)16-19-14(24-20-16)10-22-12-5-3-2-4-11(12)18-9-15(22)23/h2-5,9,13,17H,6-8,10H2,1H3. The van der Waals surface area contributed by atoms with Gasteiger partial charge in [0.15, 0.2) is 5.82 Å². The van der Waals surface area contributed by atoms with Crippen LogP contribution in [0.4, 0.5) is 0 Å². The first-order chi connectivity index (χ1) is 11.7. The van der Waals surface area contributed by atoms with Crippen molar-refractivity contribution in [2.45, 2.75) is 12.6 Å². The summed E-state index contributed by atoms with van der Waals surface area (Å²) in [7, 11) is 2.04. The molecule has 0 radical (unpaired) electrons. The maximum atomic E-state index is 12.2. The molecule has 0 amide bonds. The van der Waals surface area contributed by atoms with Crippen LogP contribution in [0, 0.1) is 0 Å². The molecular formula is C16H18N6O2. The van der Waals surface area contributed by atoms with Crippen LogP contribution in [0.3, 0.4) is 0 Å². The second kappa shape index (κ2) is 6.14. The van der Waals surface area contributed by atoms with Crippen LogP contribution < -0.4 is 10.9 Å². The van der Waals surface area contributed by atoms with E-state index in [4.69, 9.17) is 4.52 Å². The molecule has 1 aliphatic heterocycles. The Morgan fingerprint density at radius 3 is 3.12 bits per heavy atom. The van der Waals surface area contributed by atoms with E-state index in [0.717, 1.165) is 30.7 Å². The van der Waals surface area contributed by atoms with E-state index in [-0.39, 0.29) is 18.1 Å². The average Bonchev–Trinajstić information content (AvgIpc) is 3.06. The Hall–Kier alpha value is -2.58. The molecule has 1 aliphatic rings. The lowest BCUT2D eigenvalue weighted by atomic mass is 10.2. The molecule has 124 valence electrons. The van der Waals surface area contributed by atoms with Crippen molar-refractivity contribution >= 4 is 11.0 Å². The highest BCUT2D eigenvalue weighted by Gasteiger charge is 2.25. The second-order valence-electron chi connectivity index (χ2n) is 5.92. The number of piperazine rings is 1. The number of fused-ring (bicyclic) bond motifs is 1. The van der Waals surface area contributed by atoms with Gasteiger partial charge in [-0.1, -0.05) is 17.3 Å². The van der Waals surface area contributed by atoms with E-state index in [9.17, 15) is 4.79 Å². The summed E-state index contributed by atoms with van der Waals surface area (Å²) >= 11 is 0. The molecule has 1 unspecified atom stereocenters. The molecule has 1 atom stereocenters. The summed E-state index contributed by atoms with van der Waals surface area (Å²) in [4.78, 5) is 23.0. The van der Waals surface area contributed by atoms with Gasteiger partial charge >= 0.3 is 0 Å². The first-order valence-corrected chi connectivity index (χ1v) is 7.90. The van der Waals surface area contributed by atoms with Gasteiger partial charge in [-0.05, 0) is 19.2 Å². The number of benzene rings is 1. The van der Waals surface area contributed by atoms with Crippen molar-refractivity contribution in [1.82, 2.24) is 29.9 Å². The van der Waals surface area contributed by atoms with Crippen LogP contribution in [0.15, 0.2) is 39.8 Å². The zero-order valence-electron chi connectivity index (χ0n) is 13.3. The van der Waals surface area contributed by atoms with Gasteiger partial charge in [0.1, 0.15) is 6.54 Å². The van der Waals surface area contributed by atoms with Crippen molar-refractivity contribution in [3.8, 4) is 0 Å². The number of nitrogens with zero attached hydrogens (tertiary/aromatic N) is 5. The maximum Gasteiger partial charge on any atom is 0.269 e. The van der Waals surface area contributed by atoms with Gasteiger partial charge < -0.3 is 9.84 Å². The molecule has 1 aromatic carbocycles. The smallest absolute Gasteiger partial charge is 0.269 e. The Kier molecular flexibility index (Phi) is 3.83. The van der Waals surface area contributed by atoms with Gasteiger partial charge in [-0.25, -0.2) is 4.98 Å². The molecule has 8 nitrogen and oxygen atoms in total. The van der Waals surface area contributed by atoms with Gasteiger partial charge in [-0.2, -0.15) is 4.98 Å². The first-order valence-electron chi connectivity index (χ1n) is 7.90. The Bertz CT molecular complexity index is 918. The van der Waals surface area contributed by atoms with Crippen LogP contribution in [-0.2, 0) is 6.54 Å². The Morgan fingerprint density at radius 1 is 1.38 bits per heavy atom. The molecule has 3 heterocycles. The summed E-state index contributed by atoms with van der Waals surface area (Å²) in [5.41, 5.74) is 1.32. The van der Waals surface area contributed by atoms with Crippen molar-refractivity contribution in [2.75, 3.05) is 26.7 Å². The number of likely N-dealkylation sites (N-methyl/N-ethyl adjacent to an activating group) is 1. The molecule has 2 aromatic heterocycles. The topological polar surface area (TPSA) is 89.1 Å². The molecule has 4 rings (SSSR count). The summed E-state index contributed by atoms with van der Waals surface area (Å²) in [5, 5.41) is 7.43. The summed E-state index contributed by atoms with van der Waals surface area (Å²) in [6.07, 6.45) is 1.32. The van der Waals surface area contributed by atoms with Crippen LogP contribution in [0.5, 0.6) is 0 Å². The lowest BCUT2D eigenvalue weighted by Crippen LogP contribution is -2.44. The van der Waals surface area contributed by atoms with Crippen LogP contribution >= 0.6 is 0 Å². The molecule has 24 heavy (non-hydrogen) atoms. The Balaban J connectivity index is 1.65. The molecule has 3 aromatic rings. The van der Waals surface area contributed by atoms with Crippen molar-refractivity contribution in [3.05, 3.63) is 52.5 Å². The SMILES string of the molecule is CN1CCNCC1c1noc(Cn2c(=O)cnc3ccccc32)n1. The van der Waals surface area contributed by atoms with Crippen molar-refractivity contribution in [2.24, 2.45) is 0 Å². The van der Waals surface area contributed by atoms with E-state index < -0.39 is 0 Å². The van der Waals surface area contributed by atoms with E-state index in [1.807, 2.05) is 31.3 Å². The van der Waals surface area contributed by atoms with Gasteiger partial charge in [0.2, 0.25) is 5.89 Å². The summed E-state index contributed by atoms with van der Waals surface area (Å²) in [5.74, 6) is 1.06. The number of para-hydroxylation sites is 2. The van der Waals surface area contributed by atoms with Crippen molar-refractivity contribution < 1.29 is 4.52 Å². The highest BCUT2D eigenvalue weighted by Crippen LogP contribution is 2.18. The lowest BCUT2D eigenvalue weighted by molar-refractivity contribution is 0.190. The minimum absolute atomic E-state index is 0.0853. The Labute approximate surface area is 138 Å². The van der Waals surface area contributed by atoms with Crippen LogP contribution in [0.25, 0.3) is 11.0 Å². The highest BCUT2D eigenvalue weighted by molar-refractivity contribution is 5.74. The fourth-order valence-corrected chi connectivity index (χ4v) is 2.97. The van der Waals surface area contributed by atoms with Crippen LogP contribution in [0.1, 0.15) is 17.8 Å². The molecular weight excluding hydrogens is 308 g/mol. The molecule has 0 bridgehead atoms. The van der Waals surface area contributed by atoms with Gasteiger partial charge in [0.05, 0.1) is 23.3 Å². The third-order valence-electron chi connectivity index (χ3n) is 4.34. The number of nitrogens with one attached hydrogen (secondary N) is 1. The average molecular weight is 326 g/mol. The quantitative estimate of drug-likeness (QED) is 0.745. The van der Waals surface area contributed by atoms with Gasteiger partial charge in [0, 0.05) is 19.6 Å². The fraction of sp³-hybridized carbons (Fsp3) is 0.375. The lowest BCUT2D eigenvalue weighted by Gasteiger charge is -2.30. The van der Waals surface area contributed by atoms with E-state index in [0.29, 0.717) is 11.7 Å². The Morgan fingerprint density at radius 2 is 2.25 bits per heavy atom. The van der Waals surface area contributed by atoms with Gasteiger partial charge in [-0.15, -0.1) is 0 Å². The molecule has 0 aliphatic carbocycles. The summed E-state index contributed by atoms with van der Waals surface area (Å²) < 4.78 is 6.98. The second-order valence-corrected chi connectivity index (χ2v) is 5.92. The molecule has 1 saturated heterocycles. The number of hydrogen-bond acceptors (Lipinski definition) is 7.